The van der Waals surface area contributed by atoms with Crippen LogP contribution in [0.2, 0.25) is 0 Å². The van der Waals surface area contributed by atoms with E-state index in [9.17, 15) is 8.78 Å². The average molecular weight is 303 g/mol. The van der Waals surface area contributed by atoms with Gasteiger partial charge in [0.15, 0.2) is 5.82 Å². The summed E-state index contributed by atoms with van der Waals surface area (Å²) in [4.78, 5) is 11.9. The van der Waals surface area contributed by atoms with Gasteiger partial charge in [-0.3, -0.25) is 0 Å². The van der Waals surface area contributed by atoms with Crippen LogP contribution in [0.15, 0.2) is 36.8 Å². The Morgan fingerprint density at radius 3 is 2.77 bits per heavy atom. The molecule has 0 aliphatic carbocycles. The van der Waals surface area contributed by atoms with Gasteiger partial charge < -0.3 is 9.88 Å². The molecular weight excluding hydrogens is 288 g/mol. The summed E-state index contributed by atoms with van der Waals surface area (Å²) < 4.78 is 27.7. The lowest BCUT2D eigenvalue weighted by Gasteiger charge is -2.10. The van der Waals surface area contributed by atoms with E-state index in [1.165, 1.54) is 0 Å². The molecule has 0 aliphatic heterocycles. The van der Waals surface area contributed by atoms with Crippen LogP contribution in [-0.2, 0) is 13.5 Å². The van der Waals surface area contributed by atoms with E-state index in [0.717, 1.165) is 17.5 Å². The summed E-state index contributed by atoms with van der Waals surface area (Å²) >= 11 is 0. The van der Waals surface area contributed by atoms with Crippen molar-refractivity contribution in [3.63, 3.8) is 0 Å². The Hall–Kier alpha value is -2.57. The Labute approximate surface area is 126 Å². The number of alkyl halides is 2. The highest BCUT2D eigenvalue weighted by atomic mass is 19.3. The van der Waals surface area contributed by atoms with E-state index in [1.807, 2.05) is 23.7 Å². The third-order valence-electron chi connectivity index (χ3n) is 3.41. The number of aryl methyl sites for hydroxylation is 1. The summed E-state index contributed by atoms with van der Waals surface area (Å²) in [6.07, 6.45) is 1.54. The molecule has 0 saturated heterocycles. The molecule has 7 heteroatoms. The maximum absolute atomic E-state index is 12.9. The summed E-state index contributed by atoms with van der Waals surface area (Å²) in [7, 11) is 1.91. The number of benzene rings is 1. The number of hydrogen-bond acceptors (Lipinski definition) is 4. The summed E-state index contributed by atoms with van der Waals surface area (Å²) in [5, 5.41) is 3.86. The number of nitrogens with one attached hydrogen (secondary N) is 1. The van der Waals surface area contributed by atoms with Gasteiger partial charge in [-0.1, -0.05) is 12.1 Å². The van der Waals surface area contributed by atoms with E-state index in [2.05, 4.69) is 20.3 Å². The summed E-state index contributed by atoms with van der Waals surface area (Å²) in [6, 6.07) is 7.12. The van der Waals surface area contributed by atoms with Crippen molar-refractivity contribution in [2.24, 2.45) is 7.05 Å². The number of nitrogens with zero attached hydrogens (tertiary/aromatic N) is 4. The molecule has 5 nitrogen and oxygen atoms in total. The molecule has 0 bridgehead atoms. The fraction of sp³-hybridized carbons (Fsp3) is 0.267. The second kappa shape index (κ2) is 6.05. The molecular formula is C15H15F2N5. The van der Waals surface area contributed by atoms with Crippen molar-refractivity contribution in [2.75, 3.05) is 11.9 Å². The molecule has 0 unspecified atom stereocenters. The number of fused-ring (bicyclic) bond motifs is 1. The van der Waals surface area contributed by atoms with Crippen molar-refractivity contribution in [1.82, 2.24) is 19.5 Å². The first-order chi connectivity index (χ1) is 10.6. The highest BCUT2D eigenvalue weighted by Gasteiger charge is 2.14. The Morgan fingerprint density at radius 2 is 2.05 bits per heavy atom. The largest absolute Gasteiger partial charge is 0.369 e. The van der Waals surface area contributed by atoms with Gasteiger partial charge >= 0.3 is 0 Å². The third kappa shape index (κ3) is 2.88. The van der Waals surface area contributed by atoms with Crippen LogP contribution in [0.3, 0.4) is 0 Å². The lowest BCUT2D eigenvalue weighted by Crippen LogP contribution is -2.10. The number of rotatable bonds is 5. The van der Waals surface area contributed by atoms with Gasteiger partial charge in [0.2, 0.25) is 0 Å². The molecule has 0 aliphatic rings. The van der Waals surface area contributed by atoms with Crippen LogP contribution in [-0.4, -0.2) is 26.1 Å². The quantitative estimate of drug-likeness (QED) is 0.787. The minimum Gasteiger partial charge on any atom is -0.369 e. The van der Waals surface area contributed by atoms with Gasteiger partial charge in [-0.05, 0) is 12.1 Å². The number of aromatic nitrogens is 4. The van der Waals surface area contributed by atoms with Gasteiger partial charge in [0.05, 0.1) is 11.8 Å². The molecule has 114 valence electrons. The molecule has 0 saturated carbocycles. The van der Waals surface area contributed by atoms with Gasteiger partial charge in [-0.2, -0.15) is 0 Å². The fourth-order valence-corrected chi connectivity index (χ4v) is 2.26. The normalized spacial score (nSPS) is 11.3. The molecule has 3 rings (SSSR count). The molecule has 22 heavy (non-hydrogen) atoms. The molecule has 2 aromatic heterocycles. The molecule has 1 N–H and O–H groups in total. The van der Waals surface area contributed by atoms with E-state index >= 15 is 0 Å². The number of para-hydroxylation sites is 1. The zero-order valence-corrected chi connectivity index (χ0v) is 12.0. The van der Waals surface area contributed by atoms with Crippen molar-refractivity contribution >= 4 is 16.7 Å². The Balaban J connectivity index is 1.84. The second-order valence-electron chi connectivity index (χ2n) is 4.92. The summed E-state index contributed by atoms with van der Waals surface area (Å²) in [6.45, 7) is 0.573. The molecule has 3 aromatic rings. The molecule has 0 atom stereocenters. The first-order valence-electron chi connectivity index (χ1n) is 6.89. The lowest BCUT2D eigenvalue weighted by atomic mass is 10.2. The predicted molar refractivity (Wildman–Crippen MR) is 79.9 cm³/mol. The van der Waals surface area contributed by atoms with E-state index in [4.69, 9.17) is 0 Å². The van der Waals surface area contributed by atoms with Crippen LogP contribution in [0.5, 0.6) is 0 Å². The lowest BCUT2D eigenvalue weighted by molar-refractivity contribution is 0.141. The van der Waals surface area contributed by atoms with Crippen molar-refractivity contribution in [1.29, 1.82) is 0 Å². The molecule has 0 amide bonds. The number of anilines is 1. The first kappa shape index (κ1) is 14.4. The van der Waals surface area contributed by atoms with Gasteiger partial charge in [-0.15, -0.1) is 0 Å². The zero-order chi connectivity index (χ0) is 15.5. The smallest absolute Gasteiger partial charge is 0.297 e. The standard InChI is InChI=1S/C15H15F2N5/c1-22-9-18-8-10(22)6-7-19-14-11-4-2-3-5-12(11)20-15(21-14)13(16)17/h2-5,8-9,13H,6-7H2,1H3,(H,19,20,21). The second-order valence-corrected chi connectivity index (χ2v) is 4.92. The van der Waals surface area contributed by atoms with Gasteiger partial charge in [-0.25, -0.2) is 23.7 Å². The number of halogens is 2. The van der Waals surface area contributed by atoms with E-state index in [1.54, 1.807) is 24.7 Å². The van der Waals surface area contributed by atoms with Crippen LogP contribution in [0, 0.1) is 0 Å². The van der Waals surface area contributed by atoms with E-state index in [0.29, 0.717) is 17.9 Å². The SMILES string of the molecule is Cn1cncc1CCNc1nc(C(F)F)nc2ccccc12. The van der Waals surface area contributed by atoms with E-state index < -0.39 is 12.2 Å². The van der Waals surface area contributed by atoms with Crippen LogP contribution >= 0.6 is 0 Å². The average Bonchev–Trinajstić information content (AvgIpc) is 2.92. The minimum absolute atomic E-state index is 0.433. The number of imidazole rings is 1. The molecule has 0 fully saturated rings. The Bertz CT molecular complexity index is 784. The van der Waals surface area contributed by atoms with Crippen LogP contribution in [0.4, 0.5) is 14.6 Å². The third-order valence-corrected chi connectivity index (χ3v) is 3.41. The zero-order valence-electron chi connectivity index (χ0n) is 12.0. The molecule has 0 radical (unpaired) electrons. The van der Waals surface area contributed by atoms with E-state index in [-0.39, 0.29) is 0 Å². The van der Waals surface area contributed by atoms with Gasteiger partial charge in [0.25, 0.3) is 6.43 Å². The Morgan fingerprint density at radius 1 is 1.23 bits per heavy atom. The maximum Gasteiger partial charge on any atom is 0.297 e. The van der Waals surface area contributed by atoms with Crippen LogP contribution < -0.4 is 5.32 Å². The molecule has 1 aromatic carbocycles. The summed E-state index contributed by atoms with van der Waals surface area (Å²) in [5.41, 5.74) is 1.57. The molecule has 0 spiro atoms. The number of hydrogen-bond donors (Lipinski definition) is 1. The highest BCUT2D eigenvalue weighted by molar-refractivity contribution is 5.88. The molecule has 2 heterocycles. The maximum atomic E-state index is 12.9. The van der Waals surface area contributed by atoms with Crippen LogP contribution in [0.25, 0.3) is 10.9 Å². The topological polar surface area (TPSA) is 55.6 Å². The fourth-order valence-electron chi connectivity index (χ4n) is 2.26. The highest BCUT2D eigenvalue weighted by Crippen LogP contribution is 2.24. The monoisotopic (exact) mass is 303 g/mol. The summed E-state index contributed by atoms with van der Waals surface area (Å²) in [5.74, 6) is -0.0233. The van der Waals surface area contributed by atoms with Crippen molar-refractivity contribution in [3.8, 4) is 0 Å². The van der Waals surface area contributed by atoms with Crippen LogP contribution in [0.1, 0.15) is 17.9 Å². The van der Waals surface area contributed by atoms with Crippen molar-refractivity contribution in [2.45, 2.75) is 12.8 Å². The van der Waals surface area contributed by atoms with Gasteiger partial charge in [0.1, 0.15) is 5.82 Å². The Kier molecular flexibility index (Phi) is 3.95. The predicted octanol–water partition coefficient (Wildman–Crippen LogP) is 2.96. The minimum atomic E-state index is -2.69. The van der Waals surface area contributed by atoms with Gasteiger partial charge in [0, 0.05) is 37.3 Å². The van der Waals surface area contributed by atoms with Crippen molar-refractivity contribution in [3.05, 3.63) is 48.3 Å². The van der Waals surface area contributed by atoms with Crippen molar-refractivity contribution < 1.29 is 8.78 Å². The first-order valence-corrected chi connectivity index (χ1v) is 6.89.